The predicted molar refractivity (Wildman–Crippen MR) is 71.8 cm³/mol. The number of hydrogen-bond acceptors (Lipinski definition) is 1. The van der Waals surface area contributed by atoms with Crippen LogP contribution in [0, 0.1) is 17.3 Å². The lowest BCUT2D eigenvalue weighted by atomic mass is 9.47. The monoisotopic (exact) mass is 234 g/mol. The average molecular weight is 234 g/mol. The Hall–Kier alpha value is -0.590. The van der Waals surface area contributed by atoms with E-state index >= 15 is 0 Å². The molecule has 1 saturated carbocycles. The van der Waals surface area contributed by atoms with E-state index in [-0.39, 0.29) is 5.41 Å². The molecule has 1 nitrogen and oxygen atoms in total. The fourth-order valence-corrected chi connectivity index (χ4v) is 4.03. The summed E-state index contributed by atoms with van der Waals surface area (Å²) in [4.78, 5) is 12.5. The SMILES string of the molecule is CCCCC1(CC)C(=O)C2CCC=CCCC21. The molecular formula is C16H26O. The first-order valence-electron chi connectivity index (χ1n) is 7.45. The zero-order chi connectivity index (χ0) is 12.3. The van der Waals surface area contributed by atoms with Crippen LogP contribution >= 0.6 is 0 Å². The summed E-state index contributed by atoms with van der Waals surface area (Å²) in [6.07, 6.45) is 13.9. The number of Topliss-reactive ketones (excluding diaryl/α,β-unsaturated/α-hetero) is 1. The van der Waals surface area contributed by atoms with Gasteiger partial charge < -0.3 is 0 Å². The maximum Gasteiger partial charge on any atom is 0.142 e. The Morgan fingerprint density at radius 3 is 2.59 bits per heavy atom. The Balaban J connectivity index is 2.11. The summed E-state index contributed by atoms with van der Waals surface area (Å²) in [5.41, 5.74) is 0.0753. The smallest absolute Gasteiger partial charge is 0.142 e. The number of hydrogen-bond donors (Lipinski definition) is 0. The second kappa shape index (κ2) is 5.37. The molecule has 0 bridgehead atoms. The number of fused-ring (bicyclic) bond motifs is 1. The molecule has 2 rings (SSSR count). The van der Waals surface area contributed by atoms with E-state index in [0.29, 0.717) is 17.6 Å². The van der Waals surface area contributed by atoms with Crippen molar-refractivity contribution < 1.29 is 4.79 Å². The molecule has 0 aromatic carbocycles. The molecule has 0 radical (unpaired) electrons. The molecule has 96 valence electrons. The Labute approximate surface area is 106 Å². The number of unbranched alkanes of at least 4 members (excludes halogenated alkanes) is 1. The summed E-state index contributed by atoms with van der Waals surface area (Å²) < 4.78 is 0. The van der Waals surface area contributed by atoms with E-state index in [0.717, 1.165) is 25.7 Å². The third kappa shape index (κ3) is 2.09. The van der Waals surface area contributed by atoms with Gasteiger partial charge in [0.1, 0.15) is 5.78 Å². The molecule has 1 heteroatoms. The lowest BCUT2D eigenvalue weighted by Crippen LogP contribution is -2.57. The Morgan fingerprint density at radius 1 is 1.24 bits per heavy atom. The highest BCUT2D eigenvalue weighted by molar-refractivity contribution is 5.94. The summed E-state index contributed by atoms with van der Waals surface area (Å²) in [7, 11) is 0. The van der Waals surface area contributed by atoms with E-state index in [9.17, 15) is 4.79 Å². The number of carbonyl (C=O) groups is 1. The van der Waals surface area contributed by atoms with Gasteiger partial charge in [0.05, 0.1) is 0 Å². The molecule has 3 atom stereocenters. The molecule has 2 aliphatic carbocycles. The van der Waals surface area contributed by atoms with Gasteiger partial charge in [-0.15, -0.1) is 0 Å². The summed E-state index contributed by atoms with van der Waals surface area (Å²) in [5.74, 6) is 1.70. The fraction of sp³-hybridized carbons (Fsp3) is 0.812. The number of carbonyl (C=O) groups excluding carboxylic acids is 1. The van der Waals surface area contributed by atoms with Gasteiger partial charge in [-0.1, -0.05) is 38.8 Å². The first-order chi connectivity index (χ1) is 8.26. The number of rotatable bonds is 4. The van der Waals surface area contributed by atoms with E-state index in [1.54, 1.807) is 0 Å². The van der Waals surface area contributed by atoms with Crippen molar-refractivity contribution in [1.82, 2.24) is 0 Å². The predicted octanol–water partition coefficient (Wildman–Crippen LogP) is 4.52. The van der Waals surface area contributed by atoms with Gasteiger partial charge >= 0.3 is 0 Å². The van der Waals surface area contributed by atoms with Crippen LogP contribution in [0.3, 0.4) is 0 Å². The second-order valence-electron chi connectivity index (χ2n) is 5.82. The summed E-state index contributed by atoms with van der Waals surface area (Å²) in [5, 5.41) is 0. The van der Waals surface area contributed by atoms with E-state index < -0.39 is 0 Å². The minimum Gasteiger partial charge on any atom is -0.299 e. The van der Waals surface area contributed by atoms with Crippen LogP contribution in [0.25, 0.3) is 0 Å². The number of allylic oxidation sites excluding steroid dienone is 2. The van der Waals surface area contributed by atoms with Crippen LogP contribution in [0.1, 0.15) is 65.2 Å². The van der Waals surface area contributed by atoms with Gasteiger partial charge in [0.2, 0.25) is 0 Å². The van der Waals surface area contributed by atoms with Crippen LogP contribution in [0.4, 0.5) is 0 Å². The largest absolute Gasteiger partial charge is 0.299 e. The van der Waals surface area contributed by atoms with Gasteiger partial charge in [-0.05, 0) is 44.4 Å². The van der Waals surface area contributed by atoms with Gasteiger partial charge in [0.15, 0.2) is 0 Å². The van der Waals surface area contributed by atoms with Crippen LogP contribution in [-0.2, 0) is 4.79 Å². The summed E-state index contributed by atoms with van der Waals surface area (Å²) in [6, 6.07) is 0. The van der Waals surface area contributed by atoms with E-state index in [2.05, 4.69) is 26.0 Å². The van der Waals surface area contributed by atoms with E-state index in [1.165, 1.54) is 25.7 Å². The normalized spacial score (nSPS) is 36.9. The van der Waals surface area contributed by atoms with Crippen LogP contribution in [-0.4, -0.2) is 5.78 Å². The molecule has 1 fully saturated rings. The molecule has 0 N–H and O–H groups in total. The van der Waals surface area contributed by atoms with Gasteiger partial charge in [-0.2, -0.15) is 0 Å². The molecule has 0 amide bonds. The van der Waals surface area contributed by atoms with Crippen LogP contribution in [0.2, 0.25) is 0 Å². The van der Waals surface area contributed by atoms with Gasteiger partial charge in [0, 0.05) is 11.3 Å². The molecule has 0 aromatic rings. The zero-order valence-corrected chi connectivity index (χ0v) is 11.4. The molecule has 17 heavy (non-hydrogen) atoms. The van der Waals surface area contributed by atoms with Crippen LogP contribution < -0.4 is 0 Å². The third-order valence-corrected chi connectivity index (χ3v) is 5.09. The Morgan fingerprint density at radius 2 is 1.94 bits per heavy atom. The van der Waals surface area contributed by atoms with Gasteiger partial charge in [0.25, 0.3) is 0 Å². The van der Waals surface area contributed by atoms with Crippen molar-refractivity contribution in [2.24, 2.45) is 17.3 Å². The summed E-state index contributed by atoms with van der Waals surface area (Å²) >= 11 is 0. The van der Waals surface area contributed by atoms with Crippen molar-refractivity contribution >= 4 is 5.78 Å². The van der Waals surface area contributed by atoms with E-state index in [1.807, 2.05) is 0 Å². The first-order valence-corrected chi connectivity index (χ1v) is 7.45. The highest BCUT2D eigenvalue weighted by Crippen LogP contribution is 2.57. The second-order valence-corrected chi connectivity index (χ2v) is 5.82. The molecule has 0 aliphatic heterocycles. The standard InChI is InChI=1S/C16H26O/c1-3-5-12-16(4-2)14-11-9-7-6-8-10-13(14)15(16)17/h6-7,13-14H,3-5,8-12H2,1-2H3. The van der Waals surface area contributed by atoms with E-state index in [4.69, 9.17) is 0 Å². The minimum atomic E-state index is 0.0753. The lowest BCUT2D eigenvalue weighted by molar-refractivity contribution is -0.161. The molecule has 3 unspecified atom stereocenters. The van der Waals surface area contributed by atoms with Crippen molar-refractivity contribution in [3.05, 3.63) is 12.2 Å². The molecule has 0 heterocycles. The van der Waals surface area contributed by atoms with Crippen molar-refractivity contribution in [3.8, 4) is 0 Å². The van der Waals surface area contributed by atoms with Gasteiger partial charge in [-0.3, -0.25) is 4.79 Å². The first kappa shape index (κ1) is 12.9. The highest BCUT2D eigenvalue weighted by Gasteiger charge is 2.58. The van der Waals surface area contributed by atoms with Crippen LogP contribution in [0.15, 0.2) is 12.2 Å². The third-order valence-electron chi connectivity index (χ3n) is 5.09. The molecule has 0 saturated heterocycles. The molecule has 2 aliphatic rings. The average Bonchev–Trinajstić information content (AvgIpc) is 2.32. The molecular weight excluding hydrogens is 208 g/mol. The van der Waals surface area contributed by atoms with Crippen LogP contribution in [0.5, 0.6) is 0 Å². The Kier molecular flexibility index (Phi) is 4.06. The van der Waals surface area contributed by atoms with Crippen molar-refractivity contribution in [3.63, 3.8) is 0 Å². The maximum absolute atomic E-state index is 12.5. The fourth-order valence-electron chi connectivity index (χ4n) is 4.03. The maximum atomic E-state index is 12.5. The van der Waals surface area contributed by atoms with Crippen molar-refractivity contribution in [2.75, 3.05) is 0 Å². The van der Waals surface area contributed by atoms with Crippen molar-refractivity contribution in [1.29, 1.82) is 0 Å². The zero-order valence-electron chi connectivity index (χ0n) is 11.4. The van der Waals surface area contributed by atoms with Crippen molar-refractivity contribution in [2.45, 2.75) is 65.2 Å². The highest BCUT2D eigenvalue weighted by atomic mass is 16.1. The molecule has 0 spiro atoms. The lowest BCUT2D eigenvalue weighted by Gasteiger charge is -2.54. The Bertz CT molecular complexity index is 305. The molecule has 0 aromatic heterocycles. The minimum absolute atomic E-state index is 0.0753. The van der Waals surface area contributed by atoms with Gasteiger partial charge in [-0.25, -0.2) is 0 Å². The summed E-state index contributed by atoms with van der Waals surface area (Å²) in [6.45, 7) is 4.45. The number of ketones is 1. The topological polar surface area (TPSA) is 17.1 Å². The quantitative estimate of drug-likeness (QED) is 0.654.